The number of carbonyl (C=O) groups is 1. The Balaban J connectivity index is 2.20. The maximum absolute atomic E-state index is 12.5. The van der Waals surface area contributed by atoms with Crippen LogP contribution in [0, 0.1) is 6.92 Å². The van der Waals surface area contributed by atoms with Gasteiger partial charge in [-0.25, -0.2) is 8.42 Å². The van der Waals surface area contributed by atoms with Gasteiger partial charge in [-0.2, -0.15) is 0 Å². The van der Waals surface area contributed by atoms with Crippen LogP contribution in [-0.4, -0.2) is 27.1 Å². The van der Waals surface area contributed by atoms with Gasteiger partial charge in [0.1, 0.15) is 6.54 Å². The summed E-state index contributed by atoms with van der Waals surface area (Å²) in [5.41, 5.74) is 2.18. The van der Waals surface area contributed by atoms with Gasteiger partial charge < -0.3 is 5.32 Å². The number of hydrogen-bond acceptors (Lipinski definition) is 3. The van der Waals surface area contributed by atoms with Gasteiger partial charge in [0.15, 0.2) is 0 Å². The van der Waals surface area contributed by atoms with Gasteiger partial charge >= 0.3 is 0 Å². The van der Waals surface area contributed by atoms with E-state index in [9.17, 15) is 13.2 Å². The molecule has 0 aromatic heterocycles. The van der Waals surface area contributed by atoms with Gasteiger partial charge in [-0.3, -0.25) is 9.10 Å². The fourth-order valence-electron chi connectivity index (χ4n) is 2.61. The highest BCUT2D eigenvalue weighted by atomic mass is 35.5. The van der Waals surface area contributed by atoms with Gasteiger partial charge in [0.2, 0.25) is 15.9 Å². The van der Waals surface area contributed by atoms with E-state index in [0.29, 0.717) is 17.1 Å². The largest absolute Gasteiger partial charge is 0.348 e. The molecule has 0 saturated carbocycles. The van der Waals surface area contributed by atoms with E-state index in [1.807, 2.05) is 44.2 Å². The third-order valence-corrected chi connectivity index (χ3v) is 5.62. The van der Waals surface area contributed by atoms with Gasteiger partial charge in [0.05, 0.1) is 18.0 Å². The van der Waals surface area contributed by atoms with Crippen molar-refractivity contribution in [1.82, 2.24) is 5.32 Å². The second-order valence-corrected chi connectivity index (χ2v) is 8.46. The molecule has 0 saturated heterocycles. The molecule has 0 aliphatic carbocycles. The second-order valence-electron chi connectivity index (χ2n) is 6.14. The van der Waals surface area contributed by atoms with Crippen LogP contribution in [0.5, 0.6) is 0 Å². The molecular formula is C19H23ClN2O3S. The smallest absolute Gasteiger partial charge is 0.241 e. The van der Waals surface area contributed by atoms with Crippen LogP contribution in [0.25, 0.3) is 0 Å². The van der Waals surface area contributed by atoms with Crippen molar-refractivity contribution in [2.24, 2.45) is 0 Å². The van der Waals surface area contributed by atoms with E-state index < -0.39 is 10.0 Å². The minimum Gasteiger partial charge on any atom is -0.348 e. The number of halogens is 1. The molecule has 0 aliphatic heterocycles. The molecule has 2 rings (SSSR count). The summed E-state index contributed by atoms with van der Waals surface area (Å²) < 4.78 is 25.4. The molecule has 0 spiro atoms. The molecule has 0 unspecified atom stereocenters. The summed E-state index contributed by atoms with van der Waals surface area (Å²) in [6.07, 6.45) is 1.77. The lowest BCUT2D eigenvalue weighted by atomic mass is 10.0. The minimum absolute atomic E-state index is 0.174. The van der Waals surface area contributed by atoms with E-state index in [-0.39, 0.29) is 18.5 Å². The number of aryl methyl sites for hydroxylation is 1. The van der Waals surface area contributed by atoms with Gasteiger partial charge in [0, 0.05) is 5.02 Å². The minimum atomic E-state index is -3.64. The molecule has 7 heteroatoms. The Morgan fingerprint density at radius 1 is 1.19 bits per heavy atom. The summed E-state index contributed by atoms with van der Waals surface area (Å²) in [7, 11) is -3.64. The van der Waals surface area contributed by atoms with Gasteiger partial charge in [-0.05, 0) is 36.6 Å². The molecule has 2 aromatic rings. The van der Waals surface area contributed by atoms with Crippen molar-refractivity contribution in [1.29, 1.82) is 0 Å². The lowest BCUT2D eigenvalue weighted by Gasteiger charge is -2.24. The van der Waals surface area contributed by atoms with E-state index >= 15 is 0 Å². The monoisotopic (exact) mass is 394 g/mol. The Morgan fingerprint density at radius 3 is 2.38 bits per heavy atom. The summed E-state index contributed by atoms with van der Waals surface area (Å²) in [6, 6.07) is 14.3. The van der Waals surface area contributed by atoms with E-state index in [1.165, 1.54) is 0 Å². The first-order chi connectivity index (χ1) is 12.2. The van der Waals surface area contributed by atoms with Crippen molar-refractivity contribution in [3.63, 3.8) is 0 Å². The Morgan fingerprint density at radius 2 is 1.85 bits per heavy atom. The van der Waals surface area contributed by atoms with Crippen molar-refractivity contribution in [2.75, 3.05) is 17.1 Å². The van der Waals surface area contributed by atoms with Crippen molar-refractivity contribution in [3.05, 3.63) is 64.7 Å². The maximum atomic E-state index is 12.5. The Labute approximate surface area is 160 Å². The quantitative estimate of drug-likeness (QED) is 0.778. The third kappa shape index (κ3) is 5.22. The van der Waals surface area contributed by atoms with E-state index in [2.05, 4.69) is 5.32 Å². The standard InChI is InChI=1S/C19H23ClN2O3S/c1-4-18(15-8-6-5-7-9-15)21-19(23)13-22(26(3,24)25)16-11-10-14(2)17(20)12-16/h5-12,18H,4,13H2,1-3H3,(H,21,23)/t18-/m1/s1. The van der Waals surface area contributed by atoms with Crippen LogP contribution >= 0.6 is 11.6 Å². The second kappa shape index (κ2) is 8.56. The van der Waals surface area contributed by atoms with Crippen LogP contribution in [0.4, 0.5) is 5.69 Å². The highest BCUT2D eigenvalue weighted by Crippen LogP contribution is 2.25. The zero-order valence-electron chi connectivity index (χ0n) is 15.1. The zero-order chi connectivity index (χ0) is 19.3. The van der Waals surface area contributed by atoms with E-state index in [0.717, 1.165) is 21.7 Å². The molecule has 5 nitrogen and oxygen atoms in total. The molecule has 0 aliphatic rings. The van der Waals surface area contributed by atoms with Gasteiger partial charge in [-0.1, -0.05) is 54.9 Å². The van der Waals surface area contributed by atoms with Crippen molar-refractivity contribution < 1.29 is 13.2 Å². The predicted molar refractivity (Wildman–Crippen MR) is 106 cm³/mol. The zero-order valence-corrected chi connectivity index (χ0v) is 16.6. The van der Waals surface area contributed by atoms with Crippen LogP contribution in [0.2, 0.25) is 5.02 Å². The molecular weight excluding hydrogens is 372 g/mol. The van der Waals surface area contributed by atoms with Crippen LogP contribution in [0.15, 0.2) is 48.5 Å². The number of nitrogens with one attached hydrogen (secondary N) is 1. The summed E-state index contributed by atoms with van der Waals surface area (Å²) in [5, 5.41) is 3.35. The topological polar surface area (TPSA) is 66.5 Å². The summed E-state index contributed by atoms with van der Waals surface area (Å²) >= 11 is 6.11. The van der Waals surface area contributed by atoms with Crippen LogP contribution in [0.3, 0.4) is 0 Å². The first kappa shape index (κ1) is 20.3. The Hall–Kier alpha value is -2.05. The van der Waals surface area contributed by atoms with Crippen LogP contribution in [0.1, 0.15) is 30.5 Å². The van der Waals surface area contributed by atoms with Gasteiger partial charge in [-0.15, -0.1) is 0 Å². The number of rotatable bonds is 7. The van der Waals surface area contributed by atoms with Crippen LogP contribution < -0.4 is 9.62 Å². The first-order valence-corrected chi connectivity index (χ1v) is 10.5. The lowest BCUT2D eigenvalue weighted by Crippen LogP contribution is -2.41. The molecule has 0 fully saturated rings. The van der Waals surface area contributed by atoms with Crippen molar-refractivity contribution in [2.45, 2.75) is 26.3 Å². The van der Waals surface area contributed by atoms with Crippen molar-refractivity contribution >= 4 is 33.2 Å². The summed E-state index contributed by atoms with van der Waals surface area (Å²) in [5.74, 6) is -0.372. The lowest BCUT2D eigenvalue weighted by molar-refractivity contribution is -0.120. The molecule has 26 heavy (non-hydrogen) atoms. The number of anilines is 1. The molecule has 0 radical (unpaired) electrons. The molecule has 0 heterocycles. The number of hydrogen-bond donors (Lipinski definition) is 1. The Bertz CT molecular complexity index is 870. The number of amides is 1. The van der Waals surface area contributed by atoms with Crippen molar-refractivity contribution in [3.8, 4) is 0 Å². The molecule has 0 bridgehead atoms. The molecule has 1 N–H and O–H groups in total. The fourth-order valence-corrected chi connectivity index (χ4v) is 3.64. The maximum Gasteiger partial charge on any atom is 0.241 e. The van der Waals surface area contributed by atoms with E-state index in [4.69, 9.17) is 11.6 Å². The van der Waals surface area contributed by atoms with E-state index in [1.54, 1.807) is 18.2 Å². The first-order valence-electron chi connectivity index (χ1n) is 8.30. The predicted octanol–water partition coefficient (Wildman–Crippen LogP) is 3.68. The van der Waals surface area contributed by atoms with Crippen LogP contribution in [-0.2, 0) is 14.8 Å². The molecule has 1 amide bonds. The average Bonchev–Trinajstić information content (AvgIpc) is 2.60. The SMILES string of the molecule is CC[C@@H](NC(=O)CN(c1ccc(C)c(Cl)c1)S(C)(=O)=O)c1ccccc1. The highest BCUT2D eigenvalue weighted by molar-refractivity contribution is 7.92. The summed E-state index contributed by atoms with van der Waals surface area (Å²) in [4.78, 5) is 12.5. The third-order valence-electron chi connectivity index (χ3n) is 4.08. The Kier molecular flexibility index (Phi) is 6.67. The highest BCUT2D eigenvalue weighted by Gasteiger charge is 2.23. The normalized spacial score (nSPS) is 12.5. The molecule has 2 aromatic carbocycles. The fraction of sp³-hybridized carbons (Fsp3) is 0.316. The van der Waals surface area contributed by atoms with Gasteiger partial charge in [0.25, 0.3) is 0 Å². The number of sulfonamides is 1. The number of benzene rings is 2. The summed E-state index contributed by atoms with van der Waals surface area (Å²) in [6.45, 7) is 3.49. The number of carbonyl (C=O) groups excluding carboxylic acids is 1. The number of nitrogens with zero attached hydrogens (tertiary/aromatic N) is 1. The molecule has 140 valence electrons. The molecule has 1 atom stereocenters. The average molecular weight is 395 g/mol.